The number of esters is 1. The average Bonchev–Trinajstić information content (AvgIpc) is 4.09. The summed E-state index contributed by atoms with van der Waals surface area (Å²) < 4.78 is 46.2. The van der Waals surface area contributed by atoms with Crippen molar-refractivity contribution < 1.29 is 51.5 Å². The van der Waals surface area contributed by atoms with Gasteiger partial charge in [0.25, 0.3) is 16.0 Å². The molecule has 3 aliphatic heterocycles. The van der Waals surface area contributed by atoms with Gasteiger partial charge in [0.1, 0.15) is 27.6 Å². The van der Waals surface area contributed by atoms with Crippen molar-refractivity contribution in [2.75, 3.05) is 34.3 Å². The van der Waals surface area contributed by atoms with E-state index in [1.54, 1.807) is 56.0 Å². The maximum atomic E-state index is 13.9. The molecule has 3 aromatic carbocycles. The van der Waals surface area contributed by atoms with Gasteiger partial charge in [-0.05, 0) is 119 Å². The Bertz CT molecular complexity index is 3010. The Morgan fingerprint density at radius 2 is 1.28 bits per heavy atom. The van der Waals surface area contributed by atoms with E-state index in [4.69, 9.17) is 20.3 Å². The van der Waals surface area contributed by atoms with Gasteiger partial charge < -0.3 is 40.2 Å². The molecular weight excluding hydrogens is 859 g/mol. The van der Waals surface area contributed by atoms with Crippen molar-refractivity contribution in [2.45, 2.75) is 97.2 Å². The first-order chi connectivity index (χ1) is 30.7. The zero-order chi connectivity index (χ0) is 47.3. The van der Waals surface area contributed by atoms with Gasteiger partial charge in [-0.15, -0.1) is 0 Å². The Kier molecular flexibility index (Phi) is 12.5. The standard InChI is InChI=1S/C32H36N4O8S.C12H11N3O3.C2H6/c1-6-7-17(2)43-30(38)24-14-20-18-10-12-35(25(18)9-8-22(20)33-24)29(37)23-15-21-19-11-13-36(31(39)44-32(3,4)5)26(19)16-27(28(21)34-23)45(40,41)42;13-12(18)15-4-3-6-7-5-9(11(16)17)14-8(7)1-2-10(6)15;1-2/h8-9,14-17,33-34H,6-7,10-13H2,1-5H3,(H,40,41,42);1-2,5,14H,3-4H2,(H2,13,18)(H,16,17);1-2H3. The highest BCUT2D eigenvalue weighted by atomic mass is 32.2. The molecule has 0 fully saturated rings. The highest BCUT2D eigenvalue weighted by molar-refractivity contribution is 7.86. The van der Waals surface area contributed by atoms with E-state index in [0.29, 0.717) is 60.4 Å². The summed E-state index contributed by atoms with van der Waals surface area (Å²) in [6.07, 6.45) is 2.47. The highest BCUT2D eigenvalue weighted by Crippen LogP contribution is 2.41. The Morgan fingerprint density at radius 1 is 0.754 bits per heavy atom. The van der Waals surface area contributed by atoms with Crippen LogP contribution >= 0.6 is 0 Å². The van der Waals surface area contributed by atoms with E-state index in [1.165, 1.54) is 15.9 Å². The molecule has 9 rings (SSSR count). The van der Waals surface area contributed by atoms with Crippen LogP contribution in [-0.4, -0.2) is 94.3 Å². The summed E-state index contributed by atoms with van der Waals surface area (Å²) in [6.45, 7) is 14.3. The quantitative estimate of drug-likeness (QED) is 0.0659. The zero-order valence-corrected chi connectivity index (χ0v) is 38.1. The summed E-state index contributed by atoms with van der Waals surface area (Å²) in [6, 6.07) is 12.9. The van der Waals surface area contributed by atoms with Gasteiger partial charge in [0.2, 0.25) is 0 Å². The number of amides is 4. The van der Waals surface area contributed by atoms with Gasteiger partial charge in [-0.1, -0.05) is 27.2 Å². The Labute approximate surface area is 374 Å². The number of hydrogen-bond donors (Lipinski definition) is 6. The molecule has 3 aliphatic rings. The fraction of sp³-hybridized carbons (Fsp3) is 0.370. The Hall–Kier alpha value is -6.86. The summed E-state index contributed by atoms with van der Waals surface area (Å²) in [7, 11) is -4.73. The van der Waals surface area contributed by atoms with Gasteiger partial charge in [0, 0.05) is 58.2 Å². The molecule has 0 radical (unpaired) electrons. The average molecular weight is 912 g/mol. The third-order valence-corrected chi connectivity index (χ3v) is 12.3. The van der Waals surface area contributed by atoms with Crippen LogP contribution in [0.2, 0.25) is 0 Å². The zero-order valence-electron chi connectivity index (χ0n) is 37.2. The van der Waals surface area contributed by atoms with Crippen LogP contribution in [0.1, 0.15) is 109 Å². The predicted octanol–water partition coefficient (Wildman–Crippen LogP) is 8.08. The fourth-order valence-electron chi connectivity index (χ4n) is 8.73. The van der Waals surface area contributed by atoms with Crippen LogP contribution in [0, 0.1) is 0 Å². The van der Waals surface area contributed by atoms with E-state index >= 15 is 0 Å². The number of aromatic amines is 3. The molecular formula is C46H53N7O11S. The number of carboxylic acids is 1. The molecule has 0 spiro atoms. The van der Waals surface area contributed by atoms with Crippen LogP contribution < -0.4 is 20.4 Å². The summed E-state index contributed by atoms with van der Waals surface area (Å²) in [5.41, 5.74) is 11.1. The molecule has 7 N–H and O–H groups in total. The lowest BCUT2D eigenvalue weighted by Crippen LogP contribution is -2.35. The number of aromatic nitrogens is 3. The van der Waals surface area contributed by atoms with Crippen molar-refractivity contribution in [2.24, 2.45) is 5.73 Å². The third-order valence-electron chi connectivity index (χ3n) is 11.5. The normalized spacial score (nSPS) is 14.6. The van der Waals surface area contributed by atoms with E-state index < -0.39 is 44.7 Å². The van der Waals surface area contributed by atoms with Crippen LogP contribution in [-0.2, 0) is 38.9 Å². The predicted molar refractivity (Wildman–Crippen MR) is 246 cm³/mol. The summed E-state index contributed by atoms with van der Waals surface area (Å²) in [5, 5.41) is 11.0. The number of anilines is 3. The summed E-state index contributed by atoms with van der Waals surface area (Å²) in [4.78, 5) is 74.7. The number of primary amides is 1. The summed E-state index contributed by atoms with van der Waals surface area (Å²) in [5.74, 6) is -1.81. The van der Waals surface area contributed by atoms with Crippen molar-refractivity contribution in [3.05, 3.63) is 82.3 Å². The molecule has 6 aromatic rings. The van der Waals surface area contributed by atoms with Crippen LogP contribution in [0.4, 0.5) is 26.7 Å². The summed E-state index contributed by atoms with van der Waals surface area (Å²) >= 11 is 0. The maximum absolute atomic E-state index is 13.9. The van der Waals surface area contributed by atoms with Gasteiger partial charge in [-0.3, -0.25) is 19.1 Å². The lowest BCUT2D eigenvalue weighted by Gasteiger charge is -2.25. The first-order valence-corrected chi connectivity index (χ1v) is 23.0. The number of fused-ring (bicyclic) bond motifs is 9. The van der Waals surface area contributed by atoms with E-state index in [1.807, 2.05) is 39.8 Å². The number of carbonyl (C=O) groups is 5. The van der Waals surface area contributed by atoms with Crippen molar-refractivity contribution in [1.82, 2.24) is 15.0 Å². The molecule has 19 heteroatoms. The minimum Gasteiger partial charge on any atom is -0.477 e. The number of urea groups is 1. The van der Waals surface area contributed by atoms with E-state index in [0.717, 1.165) is 51.5 Å². The second-order valence-electron chi connectivity index (χ2n) is 16.9. The largest absolute Gasteiger partial charge is 0.477 e. The molecule has 0 aliphatic carbocycles. The first kappa shape index (κ1) is 46.1. The van der Waals surface area contributed by atoms with Gasteiger partial charge >= 0.3 is 24.1 Å². The molecule has 4 amide bonds. The number of benzene rings is 3. The number of carbonyl (C=O) groups excluding carboxylic acids is 4. The number of rotatable bonds is 7. The molecule has 3 aromatic heterocycles. The number of nitrogens with zero attached hydrogens (tertiary/aromatic N) is 3. The lowest BCUT2D eigenvalue weighted by molar-refractivity contribution is 0.0316. The molecule has 1 unspecified atom stereocenters. The lowest BCUT2D eigenvalue weighted by atomic mass is 10.1. The van der Waals surface area contributed by atoms with Gasteiger partial charge in [-0.2, -0.15) is 8.42 Å². The smallest absolute Gasteiger partial charge is 0.414 e. The Morgan fingerprint density at radius 3 is 1.83 bits per heavy atom. The molecule has 0 bridgehead atoms. The highest BCUT2D eigenvalue weighted by Gasteiger charge is 2.35. The van der Waals surface area contributed by atoms with E-state index in [-0.39, 0.29) is 35.5 Å². The molecule has 6 heterocycles. The number of H-pyrrole nitrogens is 3. The monoisotopic (exact) mass is 911 g/mol. The van der Waals surface area contributed by atoms with Crippen molar-refractivity contribution in [1.29, 1.82) is 0 Å². The van der Waals surface area contributed by atoms with Crippen LogP contribution in [0.25, 0.3) is 32.7 Å². The molecule has 0 saturated carbocycles. The van der Waals surface area contributed by atoms with Crippen molar-refractivity contribution in [3.63, 3.8) is 0 Å². The van der Waals surface area contributed by atoms with Crippen LogP contribution in [0.15, 0.2) is 53.4 Å². The number of hydrogen-bond acceptors (Lipinski definition) is 9. The SMILES string of the molecule is CC.CCCC(C)OC(=O)c1cc2c3c(ccc2[nH]1)N(C(=O)c1cc2c4c(cc(S(=O)(=O)O)c2[nH]1)N(C(=O)OC(C)(C)C)CC4)CC3.NC(=O)N1CCc2c1ccc1[nH]c(C(=O)O)cc21. The van der Waals surface area contributed by atoms with Gasteiger partial charge in [-0.25, -0.2) is 19.2 Å². The van der Waals surface area contributed by atoms with Crippen LogP contribution in [0.3, 0.4) is 0 Å². The minimum atomic E-state index is -4.73. The van der Waals surface area contributed by atoms with E-state index in [2.05, 4.69) is 15.0 Å². The van der Waals surface area contributed by atoms with Crippen LogP contribution in [0.5, 0.6) is 0 Å². The Balaban J connectivity index is 0.000000261. The number of ether oxygens (including phenoxy) is 2. The van der Waals surface area contributed by atoms with Gasteiger partial charge in [0.15, 0.2) is 0 Å². The molecule has 18 nitrogen and oxygen atoms in total. The maximum Gasteiger partial charge on any atom is 0.414 e. The van der Waals surface area contributed by atoms with Crippen molar-refractivity contribution in [3.8, 4) is 0 Å². The minimum absolute atomic E-state index is 0.0894. The molecule has 344 valence electrons. The first-order valence-electron chi connectivity index (χ1n) is 21.5. The second-order valence-corrected chi connectivity index (χ2v) is 18.3. The molecule has 1 atom stereocenters. The van der Waals surface area contributed by atoms with Gasteiger partial charge in [0.05, 0.1) is 17.3 Å². The fourth-order valence-corrected chi connectivity index (χ4v) is 9.41. The van der Waals surface area contributed by atoms with Crippen molar-refractivity contribution >= 4 is 89.9 Å². The number of nitrogens with one attached hydrogen (secondary N) is 3. The third kappa shape index (κ3) is 8.85. The number of nitrogens with two attached hydrogens (primary N) is 1. The molecule has 0 saturated heterocycles. The second kappa shape index (κ2) is 17.6. The number of aromatic carboxylic acids is 1. The topological polar surface area (TPSA) is 262 Å². The number of carboxylic acid groups (broad SMARTS) is 1. The van der Waals surface area contributed by atoms with E-state index in [9.17, 15) is 36.9 Å². The molecule has 65 heavy (non-hydrogen) atoms.